The van der Waals surface area contributed by atoms with Gasteiger partial charge in [-0.3, -0.25) is 4.72 Å². The number of hydrogen-bond donors (Lipinski definition) is 2. The van der Waals surface area contributed by atoms with Gasteiger partial charge in [-0.25, -0.2) is 13.4 Å². The standard InChI is InChI=1S/C13H14Cl2N4O4S/c1-22-13-12(17-7-10(18-13)23-6-5-16)19-24(20,21)9-4-2-3-8(14)11(9)15/h2-4,7H,5-6,16H2,1H3,(H,17,19). The first-order chi connectivity index (χ1) is 11.4. The molecular formula is C13H14Cl2N4O4S. The number of hydrogen-bond acceptors (Lipinski definition) is 7. The maximum atomic E-state index is 12.5. The van der Waals surface area contributed by atoms with Gasteiger partial charge in [0.05, 0.1) is 23.4 Å². The average Bonchev–Trinajstić information content (AvgIpc) is 2.56. The van der Waals surface area contributed by atoms with Crippen LogP contribution in [0.1, 0.15) is 0 Å². The second-order valence-electron chi connectivity index (χ2n) is 4.36. The van der Waals surface area contributed by atoms with Crippen molar-refractivity contribution >= 4 is 39.0 Å². The Balaban J connectivity index is 2.34. The first kappa shape index (κ1) is 18.5. The molecule has 24 heavy (non-hydrogen) atoms. The zero-order valence-electron chi connectivity index (χ0n) is 12.5. The van der Waals surface area contributed by atoms with Gasteiger partial charge < -0.3 is 15.2 Å². The van der Waals surface area contributed by atoms with E-state index < -0.39 is 10.0 Å². The monoisotopic (exact) mass is 392 g/mol. The molecule has 8 nitrogen and oxygen atoms in total. The number of benzene rings is 1. The van der Waals surface area contributed by atoms with E-state index in [0.717, 1.165) is 0 Å². The Morgan fingerprint density at radius 2 is 2.08 bits per heavy atom. The van der Waals surface area contributed by atoms with Gasteiger partial charge in [0.2, 0.25) is 11.7 Å². The number of nitrogens with zero attached hydrogens (tertiary/aromatic N) is 2. The third kappa shape index (κ3) is 4.18. The van der Waals surface area contributed by atoms with Gasteiger partial charge in [0, 0.05) is 6.54 Å². The molecule has 0 saturated carbocycles. The highest BCUT2D eigenvalue weighted by Crippen LogP contribution is 2.31. The zero-order valence-corrected chi connectivity index (χ0v) is 14.8. The number of aromatic nitrogens is 2. The van der Waals surface area contributed by atoms with Crippen LogP contribution in [0.15, 0.2) is 29.3 Å². The highest BCUT2D eigenvalue weighted by molar-refractivity contribution is 7.92. The summed E-state index contributed by atoms with van der Waals surface area (Å²) in [5.74, 6) is -0.0269. The van der Waals surface area contributed by atoms with Gasteiger partial charge in [-0.1, -0.05) is 29.3 Å². The van der Waals surface area contributed by atoms with E-state index in [9.17, 15) is 8.42 Å². The van der Waals surface area contributed by atoms with Gasteiger partial charge in [-0.15, -0.1) is 0 Å². The molecule has 130 valence electrons. The first-order valence-electron chi connectivity index (χ1n) is 6.59. The molecule has 1 aromatic carbocycles. The lowest BCUT2D eigenvalue weighted by molar-refractivity contribution is 0.305. The normalized spacial score (nSPS) is 11.2. The lowest BCUT2D eigenvalue weighted by atomic mass is 10.4. The molecule has 1 aromatic heterocycles. The molecule has 0 bridgehead atoms. The lowest BCUT2D eigenvalue weighted by Crippen LogP contribution is -2.16. The molecule has 2 aromatic rings. The van der Waals surface area contributed by atoms with Gasteiger partial charge in [0.25, 0.3) is 15.9 Å². The third-order valence-electron chi connectivity index (χ3n) is 2.72. The van der Waals surface area contributed by atoms with Gasteiger partial charge in [0.1, 0.15) is 11.5 Å². The van der Waals surface area contributed by atoms with Crippen LogP contribution in [-0.2, 0) is 10.0 Å². The van der Waals surface area contributed by atoms with Crippen molar-refractivity contribution in [2.45, 2.75) is 4.90 Å². The largest absolute Gasteiger partial charge is 0.478 e. The first-order valence-corrected chi connectivity index (χ1v) is 8.83. The quantitative estimate of drug-likeness (QED) is 0.738. The Labute approximate surface area is 149 Å². The zero-order chi connectivity index (χ0) is 17.7. The molecule has 0 spiro atoms. The van der Waals surface area contributed by atoms with E-state index in [4.69, 9.17) is 38.4 Å². The van der Waals surface area contributed by atoms with Crippen molar-refractivity contribution in [3.8, 4) is 11.8 Å². The van der Waals surface area contributed by atoms with E-state index in [1.165, 1.54) is 31.5 Å². The topological polar surface area (TPSA) is 116 Å². The fourth-order valence-electron chi connectivity index (χ4n) is 1.68. The number of rotatable bonds is 7. The van der Waals surface area contributed by atoms with Crippen LogP contribution in [0, 0.1) is 0 Å². The molecule has 1 heterocycles. The average molecular weight is 393 g/mol. The molecule has 11 heteroatoms. The summed E-state index contributed by atoms with van der Waals surface area (Å²) in [6.45, 7) is 0.534. The summed E-state index contributed by atoms with van der Waals surface area (Å²) in [5.41, 5.74) is 5.33. The van der Waals surface area contributed by atoms with E-state index >= 15 is 0 Å². The fourth-order valence-corrected chi connectivity index (χ4v) is 3.45. The fraction of sp³-hybridized carbons (Fsp3) is 0.231. The molecule has 0 aliphatic heterocycles. The highest BCUT2D eigenvalue weighted by atomic mass is 35.5. The lowest BCUT2D eigenvalue weighted by Gasteiger charge is -2.12. The molecule has 0 radical (unpaired) electrons. The maximum Gasteiger partial charge on any atom is 0.264 e. The highest BCUT2D eigenvalue weighted by Gasteiger charge is 2.22. The van der Waals surface area contributed by atoms with Crippen LogP contribution in [0.2, 0.25) is 10.0 Å². The summed E-state index contributed by atoms with van der Waals surface area (Å²) >= 11 is 11.8. The number of nitrogens with two attached hydrogens (primary N) is 1. The van der Waals surface area contributed by atoms with Crippen molar-refractivity contribution in [1.29, 1.82) is 0 Å². The maximum absolute atomic E-state index is 12.5. The van der Waals surface area contributed by atoms with Crippen molar-refractivity contribution < 1.29 is 17.9 Å². The summed E-state index contributed by atoms with van der Waals surface area (Å²) < 4.78 is 37.4. The van der Waals surface area contributed by atoms with Crippen LogP contribution in [0.3, 0.4) is 0 Å². The smallest absolute Gasteiger partial charge is 0.264 e. The van der Waals surface area contributed by atoms with E-state index in [0.29, 0.717) is 6.54 Å². The summed E-state index contributed by atoms with van der Waals surface area (Å²) in [6.07, 6.45) is 1.25. The van der Waals surface area contributed by atoms with Crippen molar-refractivity contribution in [3.63, 3.8) is 0 Å². The molecule has 0 unspecified atom stereocenters. The summed E-state index contributed by atoms with van der Waals surface area (Å²) in [6, 6.07) is 4.26. The minimum absolute atomic E-state index is 0.0637. The van der Waals surface area contributed by atoms with Crippen LogP contribution in [0.5, 0.6) is 11.8 Å². The molecule has 0 atom stereocenters. The van der Waals surface area contributed by atoms with E-state index in [-0.39, 0.29) is 39.1 Å². The van der Waals surface area contributed by atoms with E-state index in [1.807, 2.05) is 0 Å². The number of anilines is 1. The second kappa shape index (κ2) is 7.84. The number of nitrogens with one attached hydrogen (secondary N) is 1. The Hall–Kier alpha value is -1.81. The Morgan fingerprint density at radius 3 is 2.75 bits per heavy atom. The molecule has 0 fully saturated rings. The molecule has 0 aliphatic rings. The molecular weight excluding hydrogens is 379 g/mol. The number of methoxy groups -OCH3 is 1. The predicted octanol–water partition coefficient (Wildman–Crippen LogP) is 1.93. The Morgan fingerprint density at radius 1 is 1.33 bits per heavy atom. The SMILES string of the molecule is COc1nc(OCCN)cnc1NS(=O)(=O)c1cccc(Cl)c1Cl. The van der Waals surface area contributed by atoms with Gasteiger partial charge >= 0.3 is 0 Å². The minimum Gasteiger partial charge on any atom is -0.478 e. The van der Waals surface area contributed by atoms with Crippen molar-refractivity contribution in [3.05, 3.63) is 34.4 Å². The third-order valence-corrected chi connectivity index (χ3v) is 5.03. The summed E-state index contributed by atoms with van der Waals surface area (Å²) in [4.78, 5) is 7.75. The molecule has 0 saturated heterocycles. The number of sulfonamides is 1. The van der Waals surface area contributed by atoms with E-state index in [2.05, 4.69) is 14.7 Å². The van der Waals surface area contributed by atoms with Crippen molar-refractivity contribution in [2.24, 2.45) is 5.73 Å². The van der Waals surface area contributed by atoms with Gasteiger partial charge in [-0.05, 0) is 12.1 Å². The minimum atomic E-state index is -4.04. The molecule has 2 rings (SSSR count). The van der Waals surface area contributed by atoms with Crippen LogP contribution in [0.4, 0.5) is 5.82 Å². The Bertz CT molecular complexity index is 833. The predicted molar refractivity (Wildman–Crippen MR) is 90.4 cm³/mol. The molecule has 0 amide bonds. The van der Waals surface area contributed by atoms with Gasteiger partial charge in [0.15, 0.2) is 0 Å². The summed E-state index contributed by atoms with van der Waals surface area (Å²) in [7, 11) is -2.72. The Kier molecular flexibility index (Phi) is 6.05. The van der Waals surface area contributed by atoms with Crippen LogP contribution >= 0.6 is 23.2 Å². The summed E-state index contributed by atoms with van der Waals surface area (Å²) in [5, 5.41) is 0.0182. The van der Waals surface area contributed by atoms with Crippen molar-refractivity contribution in [2.75, 3.05) is 25.0 Å². The van der Waals surface area contributed by atoms with Crippen LogP contribution < -0.4 is 19.9 Å². The van der Waals surface area contributed by atoms with Crippen LogP contribution in [0.25, 0.3) is 0 Å². The molecule has 0 aliphatic carbocycles. The number of halogens is 2. The second-order valence-corrected chi connectivity index (χ2v) is 6.80. The molecule has 3 N–H and O–H groups in total. The van der Waals surface area contributed by atoms with E-state index in [1.54, 1.807) is 0 Å². The number of ether oxygens (including phenoxy) is 2. The van der Waals surface area contributed by atoms with Gasteiger partial charge in [-0.2, -0.15) is 4.98 Å². The van der Waals surface area contributed by atoms with Crippen LogP contribution in [-0.4, -0.2) is 38.6 Å². The van der Waals surface area contributed by atoms with Crippen molar-refractivity contribution in [1.82, 2.24) is 9.97 Å².